The first-order chi connectivity index (χ1) is 12.8. The summed E-state index contributed by atoms with van der Waals surface area (Å²) in [5.41, 5.74) is 3.78. The molecule has 1 aromatic heterocycles. The van der Waals surface area contributed by atoms with Gasteiger partial charge in [0.2, 0.25) is 0 Å². The molecule has 27 heavy (non-hydrogen) atoms. The van der Waals surface area contributed by atoms with Crippen LogP contribution in [-0.4, -0.2) is 20.7 Å². The summed E-state index contributed by atoms with van der Waals surface area (Å²) in [6.45, 7) is 0. The Morgan fingerprint density at radius 3 is 2.67 bits per heavy atom. The van der Waals surface area contributed by atoms with E-state index in [1.807, 2.05) is 18.2 Å². The number of aromatic nitrogens is 1. The van der Waals surface area contributed by atoms with Crippen molar-refractivity contribution in [3.63, 3.8) is 0 Å². The molecule has 0 saturated heterocycles. The molecule has 0 unspecified atom stereocenters. The number of carbonyl (C=O) groups excluding carboxylic acids is 1. The van der Waals surface area contributed by atoms with Crippen LogP contribution in [0.4, 0.5) is 5.13 Å². The van der Waals surface area contributed by atoms with Crippen LogP contribution in [0.1, 0.15) is 26.4 Å². The largest absolute Gasteiger partial charge is 0.329 e. The van der Waals surface area contributed by atoms with E-state index in [0.29, 0.717) is 22.7 Å². The minimum absolute atomic E-state index is 0.323. The van der Waals surface area contributed by atoms with Gasteiger partial charge in [0.25, 0.3) is 5.91 Å². The molecule has 9 heteroatoms. The average molecular weight is 421 g/mol. The Balaban J connectivity index is 1.50. The minimum atomic E-state index is -4.13. The van der Waals surface area contributed by atoms with E-state index in [9.17, 15) is 9.36 Å². The van der Waals surface area contributed by atoms with Gasteiger partial charge in [0.05, 0.1) is 11.9 Å². The molecule has 6 nitrogen and oxygen atoms in total. The number of benzene rings is 2. The van der Waals surface area contributed by atoms with Crippen molar-refractivity contribution in [3.05, 3.63) is 69.1 Å². The Morgan fingerprint density at radius 1 is 1.22 bits per heavy atom. The van der Waals surface area contributed by atoms with Crippen molar-refractivity contribution in [1.29, 1.82) is 0 Å². The highest BCUT2D eigenvalue weighted by Gasteiger charge is 2.25. The first kappa shape index (κ1) is 18.3. The summed E-state index contributed by atoms with van der Waals surface area (Å²) in [6, 6.07) is 11.9. The summed E-state index contributed by atoms with van der Waals surface area (Å²) >= 11 is 7.65. The molecule has 3 aromatic rings. The zero-order valence-corrected chi connectivity index (χ0v) is 16.3. The zero-order valence-electron chi connectivity index (χ0n) is 13.8. The molecule has 4 rings (SSSR count). The van der Waals surface area contributed by atoms with E-state index in [1.165, 1.54) is 35.6 Å². The molecular formula is C18H14ClN2O4PS. The zero-order chi connectivity index (χ0) is 19.2. The maximum Gasteiger partial charge on any atom is 0.329 e. The molecule has 0 bridgehead atoms. The number of carbonyl (C=O) groups is 1. The number of halogens is 1. The van der Waals surface area contributed by atoms with Crippen LogP contribution in [0, 0.1) is 0 Å². The van der Waals surface area contributed by atoms with Crippen molar-refractivity contribution in [1.82, 2.24) is 4.98 Å². The van der Waals surface area contributed by atoms with Crippen molar-refractivity contribution in [2.75, 3.05) is 5.32 Å². The quantitative estimate of drug-likeness (QED) is 0.427. The summed E-state index contributed by atoms with van der Waals surface area (Å²) < 4.78 is 11.0. The van der Waals surface area contributed by atoms with Gasteiger partial charge in [-0.3, -0.25) is 14.7 Å². The predicted octanol–water partition coefficient (Wildman–Crippen LogP) is 4.30. The van der Waals surface area contributed by atoms with Gasteiger partial charge >= 0.3 is 7.60 Å². The van der Waals surface area contributed by atoms with Gasteiger partial charge in [0, 0.05) is 27.4 Å². The summed E-state index contributed by atoms with van der Waals surface area (Å²) in [4.78, 5) is 36.0. The summed E-state index contributed by atoms with van der Waals surface area (Å²) in [5, 5.41) is 4.01. The van der Waals surface area contributed by atoms with Gasteiger partial charge in [-0.25, -0.2) is 4.98 Å². The lowest BCUT2D eigenvalue weighted by molar-refractivity contribution is 0.102. The summed E-state index contributed by atoms with van der Waals surface area (Å²) in [6.07, 6.45) is 0.352. The number of anilines is 1. The van der Waals surface area contributed by atoms with Gasteiger partial charge in [-0.15, -0.1) is 11.3 Å². The maximum absolute atomic E-state index is 12.4. The van der Waals surface area contributed by atoms with Gasteiger partial charge in [-0.1, -0.05) is 35.9 Å². The fourth-order valence-electron chi connectivity index (χ4n) is 3.02. The van der Waals surface area contributed by atoms with Crippen LogP contribution >= 0.6 is 30.5 Å². The highest BCUT2D eigenvalue weighted by Crippen LogP contribution is 2.43. The second kappa shape index (κ2) is 6.86. The Labute approximate surface area is 164 Å². The lowest BCUT2D eigenvalue weighted by Crippen LogP contribution is -2.11. The molecule has 0 atom stereocenters. The Bertz CT molecular complexity index is 1090. The normalized spacial score (nSPS) is 12.6. The van der Waals surface area contributed by atoms with E-state index in [-0.39, 0.29) is 12.1 Å². The lowest BCUT2D eigenvalue weighted by atomic mass is 10.1. The van der Waals surface area contributed by atoms with E-state index >= 15 is 0 Å². The monoisotopic (exact) mass is 420 g/mol. The summed E-state index contributed by atoms with van der Waals surface area (Å²) in [7, 11) is -4.13. The van der Waals surface area contributed by atoms with Crippen molar-refractivity contribution in [2.45, 2.75) is 12.6 Å². The molecule has 1 heterocycles. The molecular weight excluding hydrogens is 407 g/mol. The molecule has 1 amide bonds. The molecule has 138 valence electrons. The Kier molecular flexibility index (Phi) is 4.66. The van der Waals surface area contributed by atoms with Crippen LogP contribution < -0.4 is 5.32 Å². The fraction of sp³-hybridized carbons (Fsp3) is 0.111. The number of fused-ring (bicyclic) bond motifs is 3. The van der Waals surface area contributed by atoms with Crippen LogP contribution in [-0.2, 0) is 17.1 Å². The van der Waals surface area contributed by atoms with Crippen LogP contribution in [0.2, 0.25) is 5.02 Å². The third-order valence-corrected chi connectivity index (χ3v) is 6.34. The molecule has 1 aliphatic rings. The first-order valence-corrected chi connectivity index (χ1v) is 11.0. The van der Waals surface area contributed by atoms with Crippen molar-refractivity contribution >= 4 is 41.6 Å². The molecule has 0 saturated carbocycles. The number of thiazole rings is 1. The van der Waals surface area contributed by atoms with E-state index in [0.717, 1.165) is 26.7 Å². The van der Waals surface area contributed by atoms with E-state index in [2.05, 4.69) is 10.3 Å². The van der Waals surface area contributed by atoms with E-state index < -0.39 is 7.60 Å². The number of nitrogens with zero attached hydrogens (tertiary/aromatic N) is 1. The van der Waals surface area contributed by atoms with Gasteiger partial charge in [0.15, 0.2) is 5.13 Å². The highest BCUT2D eigenvalue weighted by atomic mass is 35.5. The number of amides is 1. The van der Waals surface area contributed by atoms with E-state index in [4.69, 9.17) is 21.4 Å². The van der Waals surface area contributed by atoms with Crippen LogP contribution in [0.25, 0.3) is 11.3 Å². The number of rotatable bonds is 4. The van der Waals surface area contributed by atoms with Gasteiger partial charge < -0.3 is 9.79 Å². The van der Waals surface area contributed by atoms with Crippen LogP contribution in [0.15, 0.2) is 42.5 Å². The van der Waals surface area contributed by atoms with Crippen LogP contribution in [0.3, 0.4) is 0 Å². The Hall–Kier alpha value is -2.02. The first-order valence-electron chi connectivity index (χ1n) is 8.02. The standard InChI is InChI=1S/C18H14ClN2O4PS/c19-14-3-1-2-12-13(14)8-15-16(12)20-18(27-15)21-17(22)11-6-4-10(5-7-11)9-26(23,24)25/h1-7H,8-9H2,(H,20,21,22)(H2,23,24,25). The molecule has 0 fully saturated rings. The average Bonchev–Trinajstić information content (AvgIpc) is 3.12. The number of hydrogen-bond acceptors (Lipinski definition) is 4. The lowest BCUT2D eigenvalue weighted by Gasteiger charge is -2.06. The van der Waals surface area contributed by atoms with Crippen LogP contribution in [0.5, 0.6) is 0 Å². The minimum Gasteiger partial charge on any atom is -0.324 e. The summed E-state index contributed by atoms with van der Waals surface area (Å²) in [5.74, 6) is -0.323. The van der Waals surface area contributed by atoms with Gasteiger partial charge in [-0.2, -0.15) is 0 Å². The molecule has 0 radical (unpaired) electrons. The molecule has 2 aromatic carbocycles. The van der Waals surface area contributed by atoms with Crippen molar-refractivity contribution in [2.24, 2.45) is 0 Å². The van der Waals surface area contributed by atoms with Crippen molar-refractivity contribution < 1.29 is 19.1 Å². The van der Waals surface area contributed by atoms with Gasteiger partial charge in [-0.05, 0) is 29.3 Å². The molecule has 0 spiro atoms. The Morgan fingerprint density at radius 2 is 1.96 bits per heavy atom. The molecule has 3 N–H and O–H groups in total. The predicted molar refractivity (Wildman–Crippen MR) is 106 cm³/mol. The van der Waals surface area contributed by atoms with Gasteiger partial charge in [0.1, 0.15) is 0 Å². The SMILES string of the molecule is O=C(Nc1nc2c(s1)Cc1c(Cl)cccc1-2)c1ccc(CP(=O)(O)O)cc1. The second-order valence-electron chi connectivity index (χ2n) is 6.21. The smallest absolute Gasteiger partial charge is 0.324 e. The third kappa shape index (κ3) is 3.83. The molecule has 1 aliphatic carbocycles. The molecule has 0 aliphatic heterocycles. The van der Waals surface area contributed by atoms with Crippen molar-refractivity contribution in [3.8, 4) is 11.3 Å². The maximum atomic E-state index is 12.4. The van der Waals surface area contributed by atoms with E-state index in [1.54, 1.807) is 0 Å². The number of hydrogen-bond donors (Lipinski definition) is 3. The second-order valence-corrected chi connectivity index (χ2v) is 9.34. The fourth-order valence-corrected chi connectivity index (χ4v) is 4.94. The third-order valence-electron chi connectivity index (χ3n) is 4.23. The topological polar surface area (TPSA) is 99.5 Å². The number of nitrogens with one attached hydrogen (secondary N) is 1. The highest BCUT2D eigenvalue weighted by molar-refractivity contribution is 7.50.